The van der Waals surface area contributed by atoms with Crippen LogP contribution in [0.25, 0.3) is 0 Å². The van der Waals surface area contributed by atoms with E-state index in [1.807, 2.05) is 29.6 Å². The Morgan fingerprint density at radius 2 is 1.50 bits per heavy atom. The molecule has 0 bridgehead atoms. The number of ether oxygens (including phenoxy) is 2. The van der Waals surface area contributed by atoms with Crippen LogP contribution in [0.5, 0.6) is 11.5 Å². The van der Waals surface area contributed by atoms with Gasteiger partial charge in [-0.1, -0.05) is 76.8 Å². The van der Waals surface area contributed by atoms with E-state index in [1.165, 1.54) is 74.9 Å². The van der Waals surface area contributed by atoms with Crippen molar-refractivity contribution in [3.63, 3.8) is 0 Å². The molecule has 148 valence electrons. The Morgan fingerprint density at radius 1 is 0.885 bits per heavy atom. The van der Waals surface area contributed by atoms with Crippen LogP contribution in [0.1, 0.15) is 81.3 Å². The highest BCUT2D eigenvalue weighted by Crippen LogP contribution is 2.50. The standard InChI is InChI=1S/C22H36O2S2/c1-3-4-5-6-7-8-9-10-11-12-16-24-20-15-13-14-19(21(20)23-2)22-25-17-18-26-22/h13-15,22H,3-12,16-18H2,1-2H3. The molecule has 1 aliphatic heterocycles. The monoisotopic (exact) mass is 396 g/mol. The molecule has 1 aromatic rings. The van der Waals surface area contributed by atoms with Gasteiger partial charge in [0, 0.05) is 17.1 Å². The van der Waals surface area contributed by atoms with Gasteiger partial charge in [-0.25, -0.2) is 0 Å². The number of hydrogen-bond donors (Lipinski definition) is 0. The van der Waals surface area contributed by atoms with E-state index in [1.54, 1.807) is 7.11 Å². The number of para-hydroxylation sites is 1. The number of thioether (sulfide) groups is 2. The van der Waals surface area contributed by atoms with Crippen LogP contribution in [0.3, 0.4) is 0 Å². The highest BCUT2D eigenvalue weighted by molar-refractivity contribution is 8.19. The Morgan fingerprint density at radius 3 is 2.12 bits per heavy atom. The number of hydrogen-bond acceptors (Lipinski definition) is 4. The summed E-state index contributed by atoms with van der Waals surface area (Å²) >= 11 is 4.01. The van der Waals surface area contributed by atoms with E-state index in [4.69, 9.17) is 9.47 Å². The maximum atomic E-state index is 6.06. The van der Waals surface area contributed by atoms with Gasteiger partial charge in [-0.05, 0) is 12.5 Å². The quantitative estimate of drug-likeness (QED) is 0.303. The lowest BCUT2D eigenvalue weighted by Gasteiger charge is -2.17. The summed E-state index contributed by atoms with van der Waals surface area (Å²) in [4.78, 5) is 0. The molecule has 0 N–H and O–H groups in total. The second-order valence-corrected chi connectivity index (χ2v) is 9.71. The molecule has 0 radical (unpaired) electrons. The first-order valence-electron chi connectivity index (χ1n) is 10.4. The molecule has 1 aliphatic rings. The van der Waals surface area contributed by atoms with Crippen molar-refractivity contribution in [2.24, 2.45) is 0 Å². The molecule has 26 heavy (non-hydrogen) atoms. The zero-order chi connectivity index (χ0) is 18.5. The topological polar surface area (TPSA) is 18.5 Å². The molecule has 1 aromatic carbocycles. The lowest BCUT2D eigenvalue weighted by Crippen LogP contribution is -2.02. The second kappa shape index (κ2) is 13.7. The summed E-state index contributed by atoms with van der Waals surface area (Å²) < 4.78 is 12.2. The van der Waals surface area contributed by atoms with Gasteiger partial charge in [-0.2, -0.15) is 0 Å². The average Bonchev–Trinajstić information content (AvgIpc) is 3.20. The van der Waals surface area contributed by atoms with E-state index >= 15 is 0 Å². The van der Waals surface area contributed by atoms with Crippen LogP contribution in [-0.2, 0) is 0 Å². The largest absolute Gasteiger partial charge is 0.492 e. The van der Waals surface area contributed by atoms with Crippen molar-refractivity contribution in [3.8, 4) is 11.5 Å². The molecule has 2 rings (SSSR count). The molecule has 4 heteroatoms. The molecular weight excluding hydrogens is 360 g/mol. The van der Waals surface area contributed by atoms with Gasteiger partial charge in [0.05, 0.1) is 18.3 Å². The van der Waals surface area contributed by atoms with Crippen LogP contribution >= 0.6 is 23.5 Å². The van der Waals surface area contributed by atoms with Gasteiger partial charge < -0.3 is 9.47 Å². The molecule has 0 unspecified atom stereocenters. The van der Waals surface area contributed by atoms with E-state index in [2.05, 4.69) is 19.1 Å². The Hall–Kier alpha value is -0.480. The summed E-state index contributed by atoms with van der Waals surface area (Å²) in [6.45, 7) is 3.07. The summed E-state index contributed by atoms with van der Waals surface area (Å²) in [5.41, 5.74) is 1.28. The van der Waals surface area contributed by atoms with Crippen LogP contribution in [0, 0.1) is 0 Å². The Labute approximate surface area is 169 Å². The molecule has 0 aromatic heterocycles. The van der Waals surface area contributed by atoms with Crippen molar-refractivity contribution >= 4 is 23.5 Å². The summed E-state index contributed by atoms with van der Waals surface area (Å²) in [6, 6.07) is 6.33. The van der Waals surface area contributed by atoms with Gasteiger partial charge in [0.25, 0.3) is 0 Å². The fourth-order valence-corrected chi connectivity index (χ4v) is 6.25. The van der Waals surface area contributed by atoms with Crippen molar-refractivity contribution in [1.82, 2.24) is 0 Å². The number of rotatable bonds is 14. The van der Waals surface area contributed by atoms with E-state index in [0.717, 1.165) is 24.5 Å². The molecule has 1 saturated heterocycles. The van der Waals surface area contributed by atoms with Crippen molar-refractivity contribution in [3.05, 3.63) is 23.8 Å². The predicted octanol–water partition coefficient (Wildman–Crippen LogP) is 7.47. The van der Waals surface area contributed by atoms with Crippen LogP contribution in [0.4, 0.5) is 0 Å². The maximum absolute atomic E-state index is 6.06. The zero-order valence-electron chi connectivity index (χ0n) is 16.6. The first-order valence-corrected chi connectivity index (χ1v) is 12.5. The third-order valence-corrected chi connectivity index (χ3v) is 7.91. The lowest BCUT2D eigenvalue weighted by atomic mass is 10.1. The normalized spacial score (nSPS) is 14.7. The molecule has 0 amide bonds. The second-order valence-electron chi connectivity index (χ2n) is 6.98. The first-order chi connectivity index (χ1) is 12.9. The van der Waals surface area contributed by atoms with Crippen LogP contribution in [-0.4, -0.2) is 25.2 Å². The fraction of sp³-hybridized carbons (Fsp3) is 0.727. The molecule has 0 aliphatic carbocycles. The number of benzene rings is 1. The van der Waals surface area contributed by atoms with Crippen LogP contribution in [0.2, 0.25) is 0 Å². The lowest BCUT2D eigenvalue weighted by molar-refractivity contribution is 0.283. The highest BCUT2D eigenvalue weighted by Gasteiger charge is 2.23. The van der Waals surface area contributed by atoms with Gasteiger partial charge in [0.1, 0.15) is 0 Å². The summed E-state index contributed by atoms with van der Waals surface area (Å²) in [5, 5.41) is 0. The minimum atomic E-state index is 0.492. The Balaban J connectivity index is 1.61. The minimum Gasteiger partial charge on any atom is -0.492 e. The predicted molar refractivity (Wildman–Crippen MR) is 118 cm³/mol. The van der Waals surface area contributed by atoms with Gasteiger partial charge in [-0.15, -0.1) is 23.5 Å². The fourth-order valence-electron chi connectivity index (χ4n) is 3.36. The van der Waals surface area contributed by atoms with Gasteiger partial charge in [0.2, 0.25) is 0 Å². The van der Waals surface area contributed by atoms with Gasteiger partial charge >= 0.3 is 0 Å². The molecule has 1 fully saturated rings. The van der Waals surface area contributed by atoms with Crippen LogP contribution in [0.15, 0.2) is 18.2 Å². The van der Waals surface area contributed by atoms with Crippen molar-refractivity contribution in [1.29, 1.82) is 0 Å². The van der Waals surface area contributed by atoms with E-state index in [9.17, 15) is 0 Å². The Kier molecular flexibility index (Phi) is 11.5. The molecular formula is C22H36O2S2. The average molecular weight is 397 g/mol. The number of unbranched alkanes of at least 4 members (excludes halogenated alkanes) is 9. The highest BCUT2D eigenvalue weighted by atomic mass is 32.2. The molecule has 0 spiro atoms. The molecule has 1 heterocycles. The van der Waals surface area contributed by atoms with Gasteiger partial charge in [-0.3, -0.25) is 0 Å². The zero-order valence-corrected chi connectivity index (χ0v) is 18.3. The van der Waals surface area contributed by atoms with Crippen molar-refractivity contribution in [2.45, 2.75) is 75.7 Å². The third kappa shape index (κ3) is 7.64. The van der Waals surface area contributed by atoms with E-state index in [-0.39, 0.29) is 0 Å². The molecule has 2 nitrogen and oxygen atoms in total. The first kappa shape index (κ1) is 21.8. The van der Waals surface area contributed by atoms with Gasteiger partial charge in [0.15, 0.2) is 11.5 Å². The third-order valence-electron chi connectivity index (χ3n) is 4.84. The summed E-state index contributed by atoms with van der Waals surface area (Å²) in [7, 11) is 1.76. The smallest absolute Gasteiger partial charge is 0.165 e. The van der Waals surface area contributed by atoms with Crippen molar-refractivity contribution < 1.29 is 9.47 Å². The number of methoxy groups -OCH3 is 1. The summed E-state index contributed by atoms with van der Waals surface area (Å²) in [5.74, 6) is 4.30. The minimum absolute atomic E-state index is 0.492. The Bertz CT molecular complexity index is 487. The van der Waals surface area contributed by atoms with Crippen LogP contribution < -0.4 is 9.47 Å². The summed E-state index contributed by atoms with van der Waals surface area (Å²) in [6.07, 6.45) is 13.5. The molecule has 0 atom stereocenters. The maximum Gasteiger partial charge on any atom is 0.165 e. The van der Waals surface area contributed by atoms with E-state index in [0.29, 0.717) is 4.58 Å². The van der Waals surface area contributed by atoms with Crippen molar-refractivity contribution in [2.75, 3.05) is 25.2 Å². The van der Waals surface area contributed by atoms with E-state index < -0.39 is 0 Å². The molecule has 0 saturated carbocycles. The SMILES string of the molecule is CCCCCCCCCCCCOc1cccc(C2SCCS2)c1OC.